The number of ether oxygens (including phenoxy) is 2. The summed E-state index contributed by atoms with van der Waals surface area (Å²) in [6.07, 6.45) is 1.68. The molecule has 214 valence electrons. The zero-order valence-corrected chi connectivity index (χ0v) is 25.8. The number of aryl methyl sites for hydroxylation is 1. The molecule has 8 heteroatoms. The van der Waals surface area contributed by atoms with Crippen LogP contribution in [0.2, 0.25) is 0 Å². The number of rotatable bonds is 6. The summed E-state index contributed by atoms with van der Waals surface area (Å²) in [5.41, 5.74) is 6.44. The van der Waals surface area contributed by atoms with Crippen molar-refractivity contribution < 1.29 is 34.9 Å². The van der Waals surface area contributed by atoms with Crippen molar-refractivity contribution in [2.45, 2.75) is 13.8 Å². The van der Waals surface area contributed by atoms with E-state index in [0.29, 0.717) is 28.6 Å². The van der Waals surface area contributed by atoms with E-state index in [-0.39, 0.29) is 26.9 Å². The molecular weight excluding hydrogens is 722 g/mol. The van der Waals surface area contributed by atoms with E-state index in [1.54, 1.807) is 25.4 Å². The molecule has 0 saturated heterocycles. The standard InChI is InChI=1S/C35H25FN4O2.Pt/c1-22-35(24-8-5-4-6-9-24)23(2)40(38-22)26-10-7-11-28(19-26)42-29-13-14-30-31-18-25(36)12-15-32(31)39(33(30)20-29)34-21-27(41-3)16-17-37-34;/h4-18,21H,1-3H3;/q-2;+2. The van der Waals surface area contributed by atoms with Crippen molar-refractivity contribution in [1.82, 2.24) is 19.3 Å². The van der Waals surface area contributed by atoms with Crippen LogP contribution in [0.15, 0.2) is 97.2 Å². The number of fused-ring (bicyclic) bond motifs is 3. The van der Waals surface area contributed by atoms with Crippen LogP contribution < -0.4 is 9.47 Å². The summed E-state index contributed by atoms with van der Waals surface area (Å²) < 4.78 is 29.8. The van der Waals surface area contributed by atoms with Crippen molar-refractivity contribution in [3.63, 3.8) is 0 Å². The van der Waals surface area contributed by atoms with E-state index in [2.05, 4.69) is 36.2 Å². The Morgan fingerprint density at radius 3 is 2.44 bits per heavy atom. The number of hydrogen-bond donors (Lipinski definition) is 0. The molecule has 3 aromatic heterocycles. The molecule has 43 heavy (non-hydrogen) atoms. The Morgan fingerprint density at radius 2 is 1.63 bits per heavy atom. The average molecular weight is 748 g/mol. The van der Waals surface area contributed by atoms with E-state index < -0.39 is 0 Å². The van der Waals surface area contributed by atoms with Gasteiger partial charge in [0.1, 0.15) is 17.4 Å². The molecule has 0 N–H and O–H groups in total. The third-order valence-electron chi connectivity index (χ3n) is 7.35. The van der Waals surface area contributed by atoms with E-state index in [1.807, 2.05) is 70.8 Å². The van der Waals surface area contributed by atoms with E-state index in [1.165, 1.54) is 12.1 Å². The SMILES string of the molecule is COc1ccnc(-n2c3[c-]c(Oc4[c-]c(-n5nc(C)c(-c6ccccc6)c5C)ccc4)ccc3c3cc(F)ccc32)c1.[Pt+2]. The molecule has 0 aliphatic carbocycles. The Hall–Kier alpha value is -4.74. The summed E-state index contributed by atoms with van der Waals surface area (Å²) in [5.74, 6) is 1.98. The van der Waals surface area contributed by atoms with Gasteiger partial charge in [-0.3, -0.25) is 4.68 Å². The monoisotopic (exact) mass is 747 g/mol. The van der Waals surface area contributed by atoms with Crippen LogP contribution >= 0.6 is 0 Å². The predicted octanol–water partition coefficient (Wildman–Crippen LogP) is 8.19. The second kappa shape index (κ2) is 11.5. The van der Waals surface area contributed by atoms with Crippen LogP contribution in [0.25, 0.3) is 44.4 Å². The normalized spacial score (nSPS) is 11.1. The van der Waals surface area contributed by atoms with Crippen LogP contribution in [0.4, 0.5) is 4.39 Å². The molecule has 0 unspecified atom stereocenters. The molecule has 0 bridgehead atoms. The largest absolute Gasteiger partial charge is 2.00 e. The van der Waals surface area contributed by atoms with Crippen molar-refractivity contribution in [3.05, 3.63) is 127 Å². The maximum Gasteiger partial charge on any atom is 2.00 e. The molecule has 0 atom stereocenters. The van der Waals surface area contributed by atoms with E-state index in [0.717, 1.165) is 44.5 Å². The minimum atomic E-state index is -0.313. The molecule has 0 aliphatic heterocycles. The number of nitrogens with zero attached hydrogens (tertiary/aromatic N) is 4. The third kappa shape index (κ3) is 5.10. The van der Waals surface area contributed by atoms with E-state index in [4.69, 9.17) is 14.6 Å². The fourth-order valence-corrected chi connectivity index (χ4v) is 5.48. The predicted molar refractivity (Wildman–Crippen MR) is 161 cm³/mol. The zero-order chi connectivity index (χ0) is 28.8. The smallest absolute Gasteiger partial charge is 0.509 e. The van der Waals surface area contributed by atoms with Gasteiger partial charge in [0.25, 0.3) is 0 Å². The molecule has 0 fully saturated rings. The van der Waals surface area contributed by atoms with Crippen molar-refractivity contribution in [1.29, 1.82) is 0 Å². The van der Waals surface area contributed by atoms with Gasteiger partial charge in [0.2, 0.25) is 0 Å². The number of pyridine rings is 1. The zero-order valence-electron chi connectivity index (χ0n) is 23.5. The summed E-state index contributed by atoms with van der Waals surface area (Å²) in [4.78, 5) is 4.56. The van der Waals surface area contributed by atoms with Crippen LogP contribution in [0.1, 0.15) is 11.4 Å². The number of halogens is 1. The summed E-state index contributed by atoms with van der Waals surface area (Å²) in [6, 6.07) is 34.8. The summed E-state index contributed by atoms with van der Waals surface area (Å²) in [6.45, 7) is 4.07. The van der Waals surface area contributed by atoms with Gasteiger partial charge in [0, 0.05) is 40.5 Å². The molecule has 0 amide bonds. The van der Waals surface area contributed by atoms with Crippen molar-refractivity contribution >= 4 is 21.8 Å². The van der Waals surface area contributed by atoms with Crippen LogP contribution in [-0.2, 0) is 21.1 Å². The molecule has 3 heterocycles. The number of aromatic nitrogens is 4. The summed E-state index contributed by atoms with van der Waals surface area (Å²) >= 11 is 0. The molecular formula is C35H25FN4O2Pt. The first-order chi connectivity index (χ1) is 20.5. The average Bonchev–Trinajstić information content (AvgIpc) is 3.49. The Bertz CT molecular complexity index is 2100. The molecule has 4 aromatic carbocycles. The molecule has 0 saturated carbocycles. The van der Waals surface area contributed by atoms with Crippen LogP contribution in [0.5, 0.6) is 17.2 Å². The molecule has 7 aromatic rings. The first kappa shape index (κ1) is 28.4. The van der Waals surface area contributed by atoms with Crippen molar-refractivity contribution in [3.8, 4) is 39.9 Å². The van der Waals surface area contributed by atoms with Gasteiger partial charge in [-0.1, -0.05) is 35.8 Å². The minimum Gasteiger partial charge on any atom is -0.509 e. The molecule has 0 radical (unpaired) electrons. The van der Waals surface area contributed by atoms with Crippen molar-refractivity contribution in [2.75, 3.05) is 7.11 Å². The van der Waals surface area contributed by atoms with Gasteiger partial charge in [0.15, 0.2) is 0 Å². The minimum absolute atomic E-state index is 0. The first-order valence-corrected chi connectivity index (χ1v) is 13.5. The van der Waals surface area contributed by atoms with Gasteiger partial charge < -0.3 is 14.0 Å². The van der Waals surface area contributed by atoms with Gasteiger partial charge in [-0.15, -0.1) is 35.7 Å². The van der Waals surface area contributed by atoms with Gasteiger partial charge in [-0.25, -0.2) is 9.37 Å². The van der Waals surface area contributed by atoms with Gasteiger partial charge in [-0.2, -0.15) is 17.2 Å². The van der Waals surface area contributed by atoms with Crippen LogP contribution in [0.3, 0.4) is 0 Å². The van der Waals surface area contributed by atoms with Gasteiger partial charge in [0.05, 0.1) is 12.8 Å². The molecule has 7 rings (SSSR count). The Balaban J connectivity index is 0.00000329. The van der Waals surface area contributed by atoms with Gasteiger partial charge in [-0.05, 0) is 54.8 Å². The second-order valence-electron chi connectivity index (χ2n) is 9.96. The van der Waals surface area contributed by atoms with E-state index >= 15 is 0 Å². The number of benzene rings is 4. The quantitative estimate of drug-likeness (QED) is 0.161. The van der Waals surface area contributed by atoms with Crippen LogP contribution in [-0.4, -0.2) is 26.4 Å². The molecule has 6 nitrogen and oxygen atoms in total. The Morgan fingerprint density at radius 1 is 0.814 bits per heavy atom. The van der Waals surface area contributed by atoms with Crippen molar-refractivity contribution in [2.24, 2.45) is 0 Å². The molecule has 0 aliphatic rings. The number of hydrogen-bond acceptors (Lipinski definition) is 4. The first-order valence-electron chi connectivity index (χ1n) is 13.5. The molecule has 0 spiro atoms. The Kier molecular flexibility index (Phi) is 7.59. The van der Waals surface area contributed by atoms with Gasteiger partial charge >= 0.3 is 21.1 Å². The van der Waals surface area contributed by atoms with E-state index in [9.17, 15) is 4.39 Å². The summed E-state index contributed by atoms with van der Waals surface area (Å²) in [5, 5.41) is 6.39. The maximum absolute atomic E-state index is 14.3. The number of methoxy groups -OCH3 is 1. The second-order valence-corrected chi connectivity index (χ2v) is 9.96. The fraction of sp³-hybridized carbons (Fsp3) is 0.0857. The summed E-state index contributed by atoms with van der Waals surface area (Å²) in [7, 11) is 1.61. The Labute approximate surface area is 262 Å². The van der Waals surface area contributed by atoms with Crippen LogP contribution in [0, 0.1) is 31.8 Å². The fourth-order valence-electron chi connectivity index (χ4n) is 5.48. The third-order valence-corrected chi connectivity index (χ3v) is 7.35. The maximum atomic E-state index is 14.3. The topological polar surface area (TPSA) is 54.1 Å².